The third-order valence-corrected chi connectivity index (χ3v) is 5.44. The summed E-state index contributed by atoms with van der Waals surface area (Å²) in [6, 6.07) is 1.91. The number of hydrogen-bond acceptors (Lipinski definition) is 5. The van der Waals surface area contributed by atoms with Crippen LogP contribution in [0.1, 0.15) is 38.2 Å². The Balaban J connectivity index is 1.40. The number of ether oxygens (including phenoxy) is 5. The number of benzene rings is 1. The van der Waals surface area contributed by atoms with E-state index in [9.17, 15) is 22.0 Å². The van der Waals surface area contributed by atoms with E-state index in [0.29, 0.717) is 38.8 Å². The lowest BCUT2D eigenvalue weighted by atomic mass is 10.0. The molecule has 0 saturated carbocycles. The zero-order valence-corrected chi connectivity index (χ0v) is 18.0. The number of halogens is 5. The second-order valence-corrected chi connectivity index (χ2v) is 8.23. The molecule has 3 rings (SSSR count). The van der Waals surface area contributed by atoms with Gasteiger partial charge in [-0.2, -0.15) is 13.2 Å². The second kappa shape index (κ2) is 11.6. The predicted molar refractivity (Wildman–Crippen MR) is 104 cm³/mol. The highest BCUT2D eigenvalue weighted by Gasteiger charge is 2.34. The van der Waals surface area contributed by atoms with Gasteiger partial charge in [0.25, 0.3) is 0 Å². The van der Waals surface area contributed by atoms with Crippen molar-refractivity contribution in [1.82, 2.24) is 0 Å². The maximum absolute atomic E-state index is 14.0. The fourth-order valence-electron chi connectivity index (χ4n) is 3.70. The van der Waals surface area contributed by atoms with E-state index in [2.05, 4.69) is 11.7 Å². The van der Waals surface area contributed by atoms with Crippen molar-refractivity contribution in [3.63, 3.8) is 0 Å². The van der Waals surface area contributed by atoms with Crippen LogP contribution in [0.3, 0.4) is 0 Å². The van der Waals surface area contributed by atoms with E-state index in [1.807, 2.05) is 0 Å². The zero-order chi connectivity index (χ0) is 23.1. The Hall–Kier alpha value is -1.49. The number of hydrogen-bond donors (Lipinski definition) is 0. The average molecular weight is 468 g/mol. The molecule has 0 bridgehead atoms. The van der Waals surface area contributed by atoms with E-state index < -0.39 is 36.5 Å². The first-order valence-electron chi connectivity index (χ1n) is 10.9. The zero-order valence-electron chi connectivity index (χ0n) is 18.0. The van der Waals surface area contributed by atoms with Crippen molar-refractivity contribution < 1.29 is 45.6 Å². The van der Waals surface area contributed by atoms with Gasteiger partial charge in [-0.3, -0.25) is 0 Å². The molecule has 2 heterocycles. The molecule has 1 aromatic carbocycles. The molecule has 0 aliphatic carbocycles. The van der Waals surface area contributed by atoms with Gasteiger partial charge in [0.15, 0.2) is 36.6 Å². The summed E-state index contributed by atoms with van der Waals surface area (Å²) < 4.78 is 91.9. The van der Waals surface area contributed by atoms with E-state index in [4.69, 9.17) is 18.9 Å². The van der Waals surface area contributed by atoms with Gasteiger partial charge in [-0.15, -0.1) is 0 Å². The first-order valence-corrected chi connectivity index (χ1v) is 10.9. The normalized spacial score (nSPS) is 26.8. The Morgan fingerprint density at radius 1 is 0.938 bits per heavy atom. The summed E-state index contributed by atoms with van der Waals surface area (Å²) in [7, 11) is 0. The van der Waals surface area contributed by atoms with Gasteiger partial charge in [0.05, 0.1) is 32.3 Å². The van der Waals surface area contributed by atoms with Crippen LogP contribution in [0.2, 0.25) is 0 Å². The standard InChI is InChI=1S/C22H29F5O5/c1-2-3-4-15-9-30-21(31-10-15)16-11-28-19(29-12-16)6-5-14-7-17(23)20(18(24)8-14)32-13-22(25,26)27/h7-8,15-16,19,21H,2-6,9-13H2,1H3. The molecule has 0 aromatic heterocycles. The summed E-state index contributed by atoms with van der Waals surface area (Å²) >= 11 is 0. The molecule has 10 heteroatoms. The molecule has 2 aliphatic rings. The molecule has 0 spiro atoms. The van der Waals surface area contributed by atoms with Crippen molar-refractivity contribution in [2.24, 2.45) is 11.8 Å². The van der Waals surface area contributed by atoms with Gasteiger partial charge < -0.3 is 23.7 Å². The molecule has 0 unspecified atom stereocenters. The quantitative estimate of drug-likeness (QED) is 0.477. The Kier molecular flexibility index (Phi) is 9.10. The summed E-state index contributed by atoms with van der Waals surface area (Å²) in [6.45, 7) is 2.45. The predicted octanol–water partition coefficient (Wildman–Crippen LogP) is 5.01. The van der Waals surface area contributed by atoms with E-state index >= 15 is 0 Å². The van der Waals surface area contributed by atoms with Gasteiger partial charge in [-0.05, 0) is 30.5 Å². The maximum Gasteiger partial charge on any atom is 0.422 e. The molecule has 32 heavy (non-hydrogen) atoms. The van der Waals surface area contributed by atoms with Crippen molar-refractivity contribution in [2.75, 3.05) is 33.0 Å². The van der Waals surface area contributed by atoms with Crippen LogP contribution in [0, 0.1) is 23.5 Å². The minimum atomic E-state index is -4.68. The molecule has 0 atom stereocenters. The van der Waals surface area contributed by atoms with E-state index in [-0.39, 0.29) is 24.2 Å². The number of aryl methyl sites for hydroxylation is 1. The highest BCUT2D eigenvalue weighted by Crippen LogP contribution is 2.28. The Bertz CT molecular complexity index is 690. The Labute approximate surface area is 184 Å². The summed E-state index contributed by atoms with van der Waals surface area (Å²) in [6.07, 6.45) is -1.69. The molecule has 5 nitrogen and oxygen atoms in total. The van der Waals surface area contributed by atoms with Crippen LogP contribution in [0.4, 0.5) is 22.0 Å². The first-order chi connectivity index (χ1) is 15.2. The van der Waals surface area contributed by atoms with Crippen LogP contribution in [-0.4, -0.2) is 51.8 Å². The maximum atomic E-state index is 14.0. The van der Waals surface area contributed by atoms with Crippen LogP contribution in [0.25, 0.3) is 0 Å². The van der Waals surface area contributed by atoms with Crippen LogP contribution in [0.5, 0.6) is 5.75 Å². The molecule has 0 radical (unpaired) electrons. The summed E-state index contributed by atoms with van der Waals surface area (Å²) in [5, 5.41) is 0. The number of rotatable bonds is 9. The molecular weight excluding hydrogens is 439 g/mol. The Morgan fingerprint density at radius 3 is 2.12 bits per heavy atom. The molecular formula is C22H29F5O5. The lowest BCUT2D eigenvalue weighted by Crippen LogP contribution is -2.44. The van der Waals surface area contributed by atoms with Crippen molar-refractivity contribution >= 4 is 0 Å². The Morgan fingerprint density at radius 2 is 1.56 bits per heavy atom. The molecule has 2 aliphatic heterocycles. The SMILES string of the molecule is CCCCC1COC(C2COC(CCc3cc(F)c(OCC(F)(F)F)c(F)c3)OC2)OC1. The second-order valence-electron chi connectivity index (χ2n) is 8.23. The lowest BCUT2D eigenvalue weighted by Gasteiger charge is -2.37. The third-order valence-electron chi connectivity index (χ3n) is 5.44. The van der Waals surface area contributed by atoms with Gasteiger partial charge in [0.1, 0.15) is 0 Å². The van der Waals surface area contributed by atoms with Gasteiger partial charge in [-0.25, -0.2) is 8.78 Å². The fourth-order valence-corrected chi connectivity index (χ4v) is 3.70. The van der Waals surface area contributed by atoms with Crippen LogP contribution in [-0.2, 0) is 25.4 Å². The topological polar surface area (TPSA) is 46.2 Å². The molecule has 182 valence electrons. The minimum absolute atomic E-state index is 0.0571. The third kappa shape index (κ3) is 7.54. The van der Waals surface area contributed by atoms with E-state index in [1.165, 1.54) is 0 Å². The monoisotopic (exact) mass is 468 g/mol. The lowest BCUT2D eigenvalue weighted by molar-refractivity contribution is -0.281. The largest absolute Gasteiger partial charge is 0.478 e. The number of alkyl halides is 3. The van der Waals surface area contributed by atoms with Crippen LogP contribution in [0.15, 0.2) is 12.1 Å². The molecule has 1 aromatic rings. The summed E-state index contributed by atoms with van der Waals surface area (Å²) in [5.74, 6) is -3.05. The van der Waals surface area contributed by atoms with Crippen molar-refractivity contribution in [3.8, 4) is 5.75 Å². The van der Waals surface area contributed by atoms with E-state index in [0.717, 1.165) is 31.4 Å². The van der Waals surface area contributed by atoms with Gasteiger partial charge >= 0.3 is 6.18 Å². The van der Waals surface area contributed by atoms with Crippen molar-refractivity contribution in [3.05, 3.63) is 29.3 Å². The smallest absolute Gasteiger partial charge is 0.422 e. The van der Waals surface area contributed by atoms with Crippen molar-refractivity contribution in [1.29, 1.82) is 0 Å². The molecule has 0 N–H and O–H groups in total. The summed E-state index contributed by atoms with van der Waals surface area (Å²) in [5.41, 5.74) is 0.269. The first kappa shape index (κ1) is 25.1. The molecule has 0 amide bonds. The van der Waals surface area contributed by atoms with Crippen LogP contribution < -0.4 is 4.74 Å². The average Bonchev–Trinajstić information content (AvgIpc) is 2.76. The van der Waals surface area contributed by atoms with Gasteiger partial charge in [0, 0.05) is 12.3 Å². The minimum Gasteiger partial charge on any atom is -0.478 e. The fraction of sp³-hybridized carbons (Fsp3) is 0.727. The number of unbranched alkanes of at least 4 members (excludes halogenated alkanes) is 1. The van der Waals surface area contributed by atoms with Gasteiger partial charge in [0.2, 0.25) is 0 Å². The van der Waals surface area contributed by atoms with E-state index in [1.54, 1.807) is 0 Å². The van der Waals surface area contributed by atoms with Crippen LogP contribution >= 0.6 is 0 Å². The van der Waals surface area contributed by atoms with Gasteiger partial charge in [-0.1, -0.05) is 19.8 Å². The molecule has 2 saturated heterocycles. The van der Waals surface area contributed by atoms with Crippen molar-refractivity contribution in [2.45, 2.75) is 57.8 Å². The highest BCUT2D eigenvalue weighted by atomic mass is 19.4. The highest BCUT2D eigenvalue weighted by molar-refractivity contribution is 5.31. The summed E-state index contributed by atoms with van der Waals surface area (Å²) in [4.78, 5) is 0. The molecule has 2 fully saturated rings.